The number of fused-ring (bicyclic) bond motifs is 1. The van der Waals surface area contributed by atoms with E-state index in [9.17, 15) is 0 Å². The van der Waals surface area contributed by atoms with E-state index in [1.165, 1.54) is 31.2 Å². The van der Waals surface area contributed by atoms with Crippen molar-refractivity contribution in [2.45, 2.75) is 37.4 Å². The van der Waals surface area contributed by atoms with Crippen LogP contribution in [0.1, 0.15) is 36.8 Å². The second-order valence-electron chi connectivity index (χ2n) is 7.81. The molecule has 0 radical (unpaired) electrons. The van der Waals surface area contributed by atoms with E-state index >= 15 is 0 Å². The molecule has 0 N–H and O–H groups in total. The monoisotopic (exact) mass is 347 g/mol. The Balaban J connectivity index is 1.26. The van der Waals surface area contributed by atoms with Gasteiger partial charge in [-0.25, -0.2) is 9.98 Å². The average Bonchev–Trinajstić information content (AvgIpc) is 3.57. The van der Waals surface area contributed by atoms with Gasteiger partial charge in [-0.15, -0.1) is 0 Å². The first-order chi connectivity index (χ1) is 12.8. The Labute approximate surface area is 152 Å². The van der Waals surface area contributed by atoms with Crippen LogP contribution in [0.2, 0.25) is 0 Å². The summed E-state index contributed by atoms with van der Waals surface area (Å²) in [7, 11) is 0. The minimum Gasteiger partial charge on any atom is -0.490 e. The Hall–Kier alpha value is -2.40. The molecule has 1 spiro atoms. The fourth-order valence-electron chi connectivity index (χ4n) is 3.82. The number of aromatic nitrogens is 1. The zero-order chi connectivity index (χ0) is 17.1. The highest BCUT2D eigenvalue weighted by Gasteiger charge is 2.47. The summed E-state index contributed by atoms with van der Waals surface area (Å²) in [5.41, 5.74) is 4.50. The van der Waals surface area contributed by atoms with E-state index in [0.29, 0.717) is 6.10 Å². The normalized spacial score (nSPS) is 22.5. The van der Waals surface area contributed by atoms with Crippen LogP contribution >= 0.6 is 0 Å². The molecule has 6 rings (SSSR count). The van der Waals surface area contributed by atoms with Gasteiger partial charge in [-0.05, 0) is 56.0 Å². The van der Waals surface area contributed by atoms with E-state index in [-0.39, 0.29) is 5.60 Å². The third kappa shape index (κ3) is 2.50. The lowest BCUT2D eigenvalue weighted by molar-refractivity contribution is 0.0204. The van der Waals surface area contributed by atoms with Gasteiger partial charge in [-0.3, -0.25) is 0 Å². The van der Waals surface area contributed by atoms with Crippen molar-refractivity contribution < 1.29 is 9.47 Å². The van der Waals surface area contributed by atoms with Gasteiger partial charge in [-0.2, -0.15) is 0 Å². The summed E-state index contributed by atoms with van der Waals surface area (Å²) in [4.78, 5) is 11.7. The van der Waals surface area contributed by atoms with Crippen LogP contribution in [0, 0.1) is 0 Å². The fourth-order valence-corrected chi connectivity index (χ4v) is 3.82. The molecule has 2 aromatic rings. The van der Waals surface area contributed by atoms with Crippen LogP contribution in [0.15, 0.2) is 41.5 Å². The van der Waals surface area contributed by atoms with Crippen molar-refractivity contribution in [1.82, 2.24) is 4.98 Å². The van der Waals surface area contributed by atoms with Crippen molar-refractivity contribution in [2.24, 2.45) is 4.99 Å². The highest BCUT2D eigenvalue weighted by molar-refractivity contribution is 6.22. The summed E-state index contributed by atoms with van der Waals surface area (Å²) in [5.74, 6) is 1.98. The summed E-state index contributed by atoms with van der Waals surface area (Å²) in [5, 5.41) is 0. The molecule has 2 aliphatic carbocycles. The molecule has 0 unspecified atom stereocenters. The Kier molecular flexibility index (Phi) is 3.00. The van der Waals surface area contributed by atoms with Gasteiger partial charge < -0.3 is 14.4 Å². The molecule has 4 aliphatic rings. The van der Waals surface area contributed by atoms with Crippen LogP contribution in [0.25, 0.3) is 0 Å². The third-order valence-electron chi connectivity index (χ3n) is 5.68. The number of pyridine rings is 1. The average molecular weight is 347 g/mol. The second kappa shape index (κ2) is 5.30. The number of nitrogens with zero attached hydrogens (tertiary/aromatic N) is 3. The summed E-state index contributed by atoms with van der Waals surface area (Å²) in [6.07, 6.45) is 7.00. The summed E-state index contributed by atoms with van der Waals surface area (Å²) < 4.78 is 11.9. The van der Waals surface area contributed by atoms with Gasteiger partial charge in [0.1, 0.15) is 11.6 Å². The van der Waals surface area contributed by atoms with Gasteiger partial charge in [0.15, 0.2) is 0 Å². The highest BCUT2D eigenvalue weighted by atomic mass is 16.5. The quantitative estimate of drug-likeness (QED) is 0.725. The standard InChI is InChI=1S/C21H21N3O2/c1-2-15(1)26-16-3-4-18-17(12-16)20(23-18)14-5-8-22-19(11-14)24-9-10-25-21(13-24)6-7-21/h3-5,8,11-12,15H,1-2,6-7,9-10,13H2. The van der Waals surface area contributed by atoms with E-state index in [1.54, 1.807) is 0 Å². The molecule has 2 aliphatic heterocycles. The molecule has 5 heteroatoms. The maximum atomic E-state index is 5.94. The molecule has 0 bridgehead atoms. The van der Waals surface area contributed by atoms with Crippen molar-refractivity contribution >= 4 is 17.2 Å². The molecule has 3 fully saturated rings. The lowest BCUT2D eigenvalue weighted by Crippen LogP contribution is -2.44. The van der Waals surface area contributed by atoms with Crippen molar-refractivity contribution in [1.29, 1.82) is 0 Å². The van der Waals surface area contributed by atoms with Crippen LogP contribution < -0.4 is 9.64 Å². The predicted molar refractivity (Wildman–Crippen MR) is 99.8 cm³/mol. The first kappa shape index (κ1) is 14.7. The molecule has 132 valence electrons. The van der Waals surface area contributed by atoms with E-state index in [2.05, 4.69) is 28.1 Å². The van der Waals surface area contributed by atoms with E-state index in [4.69, 9.17) is 14.5 Å². The minimum atomic E-state index is 0.103. The van der Waals surface area contributed by atoms with Crippen molar-refractivity contribution in [3.8, 4) is 5.75 Å². The summed E-state index contributed by atoms with van der Waals surface area (Å²) >= 11 is 0. The molecule has 0 amide bonds. The summed E-state index contributed by atoms with van der Waals surface area (Å²) in [6.45, 7) is 2.64. The number of morpholine rings is 1. The summed E-state index contributed by atoms with van der Waals surface area (Å²) in [6, 6.07) is 10.4. The molecule has 1 saturated heterocycles. The third-order valence-corrected chi connectivity index (χ3v) is 5.68. The zero-order valence-corrected chi connectivity index (χ0v) is 14.6. The lowest BCUT2D eigenvalue weighted by atomic mass is 9.96. The van der Waals surface area contributed by atoms with Gasteiger partial charge in [0, 0.05) is 30.4 Å². The van der Waals surface area contributed by atoms with Crippen molar-refractivity contribution in [3.63, 3.8) is 0 Å². The number of benzene rings is 1. The van der Waals surface area contributed by atoms with E-state index in [1.807, 2.05) is 18.3 Å². The van der Waals surface area contributed by atoms with Gasteiger partial charge in [0.25, 0.3) is 0 Å². The smallest absolute Gasteiger partial charge is 0.129 e. The van der Waals surface area contributed by atoms with E-state index in [0.717, 1.165) is 48.2 Å². The fraction of sp³-hybridized carbons (Fsp3) is 0.429. The molecular formula is C21H21N3O2. The van der Waals surface area contributed by atoms with Crippen LogP contribution in [-0.4, -0.2) is 42.1 Å². The lowest BCUT2D eigenvalue weighted by Gasteiger charge is -2.34. The van der Waals surface area contributed by atoms with Gasteiger partial charge in [0.2, 0.25) is 0 Å². The number of hydrogen-bond donors (Lipinski definition) is 0. The molecule has 0 atom stereocenters. The van der Waals surface area contributed by atoms with Crippen LogP contribution in [0.4, 0.5) is 11.5 Å². The predicted octanol–water partition coefficient (Wildman–Crippen LogP) is 3.47. The van der Waals surface area contributed by atoms with Gasteiger partial charge in [-0.1, -0.05) is 0 Å². The van der Waals surface area contributed by atoms with E-state index < -0.39 is 0 Å². The molecule has 3 heterocycles. The number of rotatable bonds is 4. The molecule has 2 saturated carbocycles. The minimum absolute atomic E-state index is 0.103. The number of hydrogen-bond acceptors (Lipinski definition) is 5. The molecule has 5 nitrogen and oxygen atoms in total. The van der Waals surface area contributed by atoms with Crippen LogP contribution in [0.5, 0.6) is 5.75 Å². The Morgan fingerprint density at radius 2 is 2.08 bits per heavy atom. The number of ether oxygens (including phenoxy) is 2. The maximum absolute atomic E-state index is 5.94. The number of anilines is 1. The van der Waals surface area contributed by atoms with Crippen LogP contribution in [-0.2, 0) is 4.74 Å². The van der Waals surface area contributed by atoms with Gasteiger partial charge in [0.05, 0.1) is 29.7 Å². The first-order valence-electron chi connectivity index (χ1n) is 9.53. The Morgan fingerprint density at radius 1 is 1.15 bits per heavy atom. The topological polar surface area (TPSA) is 47.0 Å². The van der Waals surface area contributed by atoms with Crippen LogP contribution in [0.3, 0.4) is 0 Å². The number of aliphatic imine (C=N–C) groups is 1. The zero-order valence-electron chi connectivity index (χ0n) is 14.6. The van der Waals surface area contributed by atoms with Crippen molar-refractivity contribution in [3.05, 3.63) is 47.7 Å². The van der Waals surface area contributed by atoms with Crippen molar-refractivity contribution in [2.75, 3.05) is 24.6 Å². The second-order valence-corrected chi connectivity index (χ2v) is 7.81. The molecule has 1 aromatic heterocycles. The molecule has 1 aromatic carbocycles. The highest BCUT2D eigenvalue weighted by Crippen LogP contribution is 2.43. The SMILES string of the molecule is c1cc(C2=Nc3ccc(OC4CC4)cc32)cc(N2CCOC3(CC3)C2)n1. The maximum Gasteiger partial charge on any atom is 0.129 e. The first-order valence-corrected chi connectivity index (χ1v) is 9.53. The van der Waals surface area contributed by atoms with Gasteiger partial charge >= 0.3 is 0 Å². The largest absolute Gasteiger partial charge is 0.490 e. The Morgan fingerprint density at radius 3 is 2.92 bits per heavy atom. The Bertz CT molecular complexity index is 915. The molecule has 26 heavy (non-hydrogen) atoms. The molecular weight excluding hydrogens is 326 g/mol.